The summed E-state index contributed by atoms with van der Waals surface area (Å²) < 4.78 is 5.18. The van der Waals surface area contributed by atoms with Crippen LogP contribution in [0, 0.1) is 0 Å². The molecule has 0 fully saturated rings. The topological polar surface area (TPSA) is 83.1 Å². The number of halogens is 1. The zero-order valence-electron chi connectivity index (χ0n) is 13.8. The summed E-state index contributed by atoms with van der Waals surface area (Å²) in [6.07, 6.45) is 1.49. The molecule has 0 aliphatic carbocycles. The normalized spacial score (nSPS) is 10.8. The predicted molar refractivity (Wildman–Crippen MR) is 102 cm³/mol. The molecule has 0 atom stereocenters. The maximum atomic E-state index is 9.77. The third-order valence-electron chi connectivity index (χ3n) is 4.00. The van der Waals surface area contributed by atoms with E-state index >= 15 is 0 Å². The second kappa shape index (κ2) is 6.57. The van der Waals surface area contributed by atoms with E-state index in [9.17, 15) is 5.11 Å². The van der Waals surface area contributed by atoms with Crippen LogP contribution < -0.4 is 10.1 Å². The SMILES string of the molecule is COc1cc(-c2cc3c(Nc4cccc(Cl)c4)ncnc3[nH]2)ccc1O. The number of hydrogen-bond donors (Lipinski definition) is 3. The highest BCUT2D eigenvalue weighted by Crippen LogP contribution is 2.33. The van der Waals surface area contributed by atoms with Crippen molar-refractivity contribution in [1.29, 1.82) is 0 Å². The molecule has 0 saturated carbocycles. The number of fused-ring (bicyclic) bond motifs is 1. The van der Waals surface area contributed by atoms with Crippen LogP contribution in [0.4, 0.5) is 11.5 Å². The smallest absolute Gasteiger partial charge is 0.161 e. The fourth-order valence-electron chi connectivity index (χ4n) is 2.74. The highest BCUT2D eigenvalue weighted by Gasteiger charge is 2.11. The summed E-state index contributed by atoms with van der Waals surface area (Å²) in [6, 6.07) is 14.5. The van der Waals surface area contributed by atoms with Crippen LogP contribution in [0.3, 0.4) is 0 Å². The standard InChI is InChI=1S/C19H15ClN4O2/c1-26-17-7-11(5-6-16(17)25)15-9-14-18(21-10-22-19(14)24-15)23-13-4-2-3-12(20)8-13/h2-10,25H,1H3,(H2,21,22,23,24). The molecule has 6 nitrogen and oxygen atoms in total. The van der Waals surface area contributed by atoms with Crippen LogP contribution in [0.15, 0.2) is 54.9 Å². The molecule has 0 amide bonds. The van der Waals surface area contributed by atoms with Gasteiger partial charge in [-0.2, -0.15) is 0 Å². The molecule has 7 heteroatoms. The molecule has 0 bridgehead atoms. The summed E-state index contributed by atoms with van der Waals surface area (Å²) >= 11 is 6.04. The molecule has 0 spiro atoms. The summed E-state index contributed by atoms with van der Waals surface area (Å²) in [4.78, 5) is 11.9. The van der Waals surface area contributed by atoms with Crippen LogP contribution in [0.2, 0.25) is 5.02 Å². The lowest BCUT2D eigenvalue weighted by atomic mass is 10.1. The van der Waals surface area contributed by atoms with Gasteiger partial charge in [-0.05, 0) is 42.5 Å². The Balaban J connectivity index is 1.76. The molecule has 0 unspecified atom stereocenters. The Kier molecular flexibility index (Phi) is 4.10. The minimum absolute atomic E-state index is 0.0930. The van der Waals surface area contributed by atoms with Gasteiger partial charge in [-0.1, -0.05) is 17.7 Å². The lowest BCUT2D eigenvalue weighted by molar-refractivity contribution is 0.373. The number of nitrogens with zero attached hydrogens (tertiary/aromatic N) is 2. The molecule has 3 N–H and O–H groups in total. The minimum atomic E-state index is 0.0930. The van der Waals surface area contributed by atoms with E-state index in [0.29, 0.717) is 22.2 Å². The van der Waals surface area contributed by atoms with Gasteiger partial charge in [0, 0.05) is 22.0 Å². The average molecular weight is 367 g/mol. The second-order valence-electron chi connectivity index (χ2n) is 5.69. The van der Waals surface area contributed by atoms with Gasteiger partial charge < -0.3 is 20.1 Å². The molecule has 4 rings (SSSR count). The molecule has 0 saturated heterocycles. The number of aromatic amines is 1. The molecule has 130 valence electrons. The zero-order valence-corrected chi connectivity index (χ0v) is 14.6. The van der Waals surface area contributed by atoms with Crippen molar-refractivity contribution in [3.05, 3.63) is 59.9 Å². The van der Waals surface area contributed by atoms with Crippen molar-refractivity contribution in [3.63, 3.8) is 0 Å². The van der Waals surface area contributed by atoms with Gasteiger partial charge >= 0.3 is 0 Å². The number of aromatic hydroxyl groups is 1. The predicted octanol–water partition coefficient (Wildman–Crippen LogP) is 4.74. The van der Waals surface area contributed by atoms with Crippen molar-refractivity contribution in [1.82, 2.24) is 15.0 Å². The van der Waals surface area contributed by atoms with Gasteiger partial charge in [0.1, 0.15) is 17.8 Å². The number of aromatic nitrogens is 3. The molecule has 0 aliphatic heterocycles. The Morgan fingerprint density at radius 3 is 2.81 bits per heavy atom. The number of phenolic OH excluding ortho intramolecular Hbond substituents is 1. The number of rotatable bonds is 4. The highest BCUT2D eigenvalue weighted by molar-refractivity contribution is 6.30. The van der Waals surface area contributed by atoms with E-state index in [0.717, 1.165) is 22.3 Å². The maximum absolute atomic E-state index is 9.77. The summed E-state index contributed by atoms with van der Waals surface area (Å²) in [5.74, 6) is 1.17. The lowest BCUT2D eigenvalue weighted by Crippen LogP contribution is -1.94. The Hall–Kier alpha value is -3.25. The quantitative estimate of drug-likeness (QED) is 0.486. The third kappa shape index (κ3) is 3.02. The number of ether oxygens (including phenoxy) is 1. The van der Waals surface area contributed by atoms with Gasteiger partial charge in [0.2, 0.25) is 0 Å². The Morgan fingerprint density at radius 1 is 1.12 bits per heavy atom. The molecular weight excluding hydrogens is 352 g/mol. The molecule has 0 radical (unpaired) electrons. The van der Waals surface area contributed by atoms with Gasteiger partial charge in [-0.3, -0.25) is 0 Å². The van der Waals surface area contributed by atoms with Crippen LogP contribution in [0.1, 0.15) is 0 Å². The van der Waals surface area contributed by atoms with Crippen molar-refractivity contribution in [3.8, 4) is 22.8 Å². The Labute approximate surface area is 154 Å². The summed E-state index contributed by atoms with van der Waals surface area (Å²) in [5, 5.41) is 14.5. The molecule has 2 heterocycles. The molecule has 0 aliphatic rings. The molecule has 2 aromatic heterocycles. The van der Waals surface area contributed by atoms with Gasteiger partial charge in [0.05, 0.1) is 12.5 Å². The summed E-state index contributed by atoms with van der Waals surface area (Å²) in [5.41, 5.74) is 3.25. The van der Waals surface area contributed by atoms with Gasteiger partial charge in [0.15, 0.2) is 11.5 Å². The Morgan fingerprint density at radius 2 is 2.00 bits per heavy atom. The largest absolute Gasteiger partial charge is 0.504 e. The number of benzene rings is 2. The van der Waals surface area contributed by atoms with E-state index in [1.807, 2.05) is 30.3 Å². The van der Waals surface area contributed by atoms with Crippen molar-refractivity contribution in [2.75, 3.05) is 12.4 Å². The molecule has 4 aromatic rings. The summed E-state index contributed by atoms with van der Waals surface area (Å²) in [7, 11) is 1.52. The average Bonchev–Trinajstić information content (AvgIpc) is 3.07. The summed E-state index contributed by atoms with van der Waals surface area (Å²) in [6.45, 7) is 0. The number of phenols is 1. The van der Waals surface area contributed by atoms with Crippen molar-refractivity contribution in [2.24, 2.45) is 0 Å². The lowest BCUT2D eigenvalue weighted by Gasteiger charge is -2.06. The number of hydrogen-bond acceptors (Lipinski definition) is 5. The van der Waals surface area contributed by atoms with Crippen LogP contribution in [-0.4, -0.2) is 27.2 Å². The van der Waals surface area contributed by atoms with Crippen LogP contribution >= 0.6 is 11.6 Å². The number of methoxy groups -OCH3 is 1. The first kappa shape index (κ1) is 16.2. The first-order valence-corrected chi connectivity index (χ1v) is 8.25. The van der Waals surface area contributed by atoms with E-state index in [2.05, 4.69) is 20.3 Å². The van der Waals surface area contributed by atoms with E-state index in [-0.39, 0.29) is 5.75 Å². The fraction of sp³-hybridized carbons (Fsp3) is 0.0526. The first-order chi connectivity index (χ1) is 12.6. The number of H-pyrrole nitrogens is 1. The highest BCUT2D eigenvalue weighted by atomic mass is 35.5. The van der Waals surface area contributed by atoms with E-state index < -0.39 is 0 Å². The van der Waals surface area contributed by atoms with Gasteiger partial charge in [0.25, 0.3) is 0 Å². The van der Waals surface area contributed by atoms with Crippen molar-refractivity contribution < 1.29 is 9.84 Å². The monoisotopic (exact) mass is 366 g/mol. The molecular formula is C19H15ClN4O2. The van der Waals surface area contributed by atoms with E-state index in [1.54, 1.807) is 18.2 Å². The van der Waals surface area contributed by atoms with Crippen LogP contribution in [0.25, 0.3) is 22.3 Å². The van der Waals surface area contributed by atoms with Crippen molar-refractivity contribution >= 4 is 34.1 Å². The zero-order chi connectivity index (χ0) is 18.1. The van der Waals surface area contributed by atoms with E-state index in [4.69, 9.17) is 16.3 Å². The van der Waals surface area contributed by atoms with Gasteiger partial charge in [-0.15, -0.1) is 0 Å². The second-order valence-corrected chi connectivity index (χ2v) is 6.13. The Bertz CT molecular complexity index is 1090. The fourth-order valence-corrected chi connectivity index (χ4v) is 2.93. The number of nitrogens with one attached hydrogen (secondary N) is 2. The molecule has 26 heavy (non-hydrogen) atoms. The van der Waals surface area contributed by atoms with Crippen LogP contribution in [0.5, 0.6) is 11.5 Å². The maximum Gasteiger partial charge on any atom is 0.161 e. The van der Waals surface area contributed by atoms with Gasteiger partial charge in [-0.25, -0.2) is 9.97 Å². The molecule has 2 aromatic carbocycles. The van der Waals surface area contributed by atoms with Crippen molar-refractivity contribution in [2.45, 2.75) is 0 Å². The third-order valence-corrected chi connectivity index (χ3v) is 4.24. The minimum Gasteiger partial charge on any atom is -0.504 e. The first-order valence-electron chi connectivity index (χ1n) is 7.88. The number of anilines is 2. The van der Waals surface area contributed by atoms with Crippen LogP contribution in [-0.2, 0) is 0 Å². The van der Waals surface area contributed by atoms with E-state index in [1.165, 1.54) is 13.4 Å².